The third kappa shape index (κ3) is 7.30. The molecule has 0 rings (SSSR count). The second-order valence-electron chi connectivity index (χ2n) is 2.10. The normalized spacial score (nSPS) is 9.50. The number of aliphatic hydroxyl groups is 2. The zero-order chi connectivity index (χ0) is 9.23. The maximum absolute atomic E-state index is 10.6. The van der Waals surface area contributed by atoms with Crippen molar-refractivity contribution < 1.29 is 24.5 Å². The molecule has 0 bridgehead atoms. The molecule has 0 atom stereocenters. The van der Waals surface area contributed by atoms with E-state index in [4.69, 9.17) is 10.2 Å². The largest absolute Gasteiger partial charge is 0.508 e. The maximum atomic E-state index is 10.6. The van der Waals surface area contributed by atoms with E-state index in [9.17, 15) is 4.79 Å². The summed E-state index contributed by atoms with van der Waals surface area (Å²) in [5.74, 6) is 0. The van der Waals surface area contributed by atoms with Gasteiger partial charge in [-0.15, -0.1) is 0 Å². The Hall–Kier alpha value is -0.810. The lowest BCUT2D eigenvalue weighted by Gasteiger charge is -2.03. The third-order valence-electron chi connectivity index (χ3n) is 1.04. The van der Waals surface area contributed by atoms with E-state index in [-0.39, 0.29) is 26.4 Å². The fraction of sp³-hybridized carbons (Fsp3) is 0.857. The van der Waals surface area contributed by atoms with E-state index in [0.29, 0.717) is 12.8 Å². The highest BCUT2D eigenvalue weighted by atomic mass is 16.7. The average Bonchev–Trinajstić information content (AvgIpc) is 2.06. The summed E-state index contributed by atoms with van der Waals surface area (Å²) in [4.78, 5) is 10.6. The Balaban J connectivity index is 3.10. The predicted molar refractivity (Wildman–Crippen MR) is 40.7 cm³/mol. The smallest absolute Gasteiger partial charge is 0.434 e. The summed E-state index contributed by atoms with van der Waals surface area (Å²) in [5.41, 5.74) is 0. The Kier molecular flexibility index (Phi) is 7.73. The van der Waals surface area contributed by atoms with Gasteiger partial charge in [0.15, 0.2) is 0 Å². The molecule has 0 heterocycles. The number of rotatable bonds is 6. The minimum Gasteiger partial charge on any atom is -0.434 e. The van der Waals surface area contributed by atoms with E-state index >= 15 is 0 Å². The molecule has 0 aliphatic heterocycles. The van der Waals surface area contributed by atoms with Crippen LogP contribution < -0.4 is 0 Å². The Morgan fingerprint density at radius 3 is 1.75 bits per heavy atom. The number of hydrogen-bond acceptors (Lipinski definition) is 5. The summed E-state index contributed by atoms with van der Waals surface area (Å²) in [6.07, 6.45) is 0.0707. The van der Waals surface area contributed by atoms with Crippen LogP contribution in [0, 0.1) is 0 Å². The highest BCUT2D eigenvalue weighted by molar-refractivity contribution is 5.59. The van der Waals surface area contributed by atoms with Crippen LogP contribution in [0.15, 0.2) is 0 Å². The Morgan fingerprint density at radius 1 is 1.00 bits per heavy atom. The van der Waals surface area contributed by atoms with Crippen molar-refractivity contribution in [3.8, 4) is 0 Å². The quantitative estimate of drug-likeness (QED) is 0.439. The molecule has 12 heavy (non-hydrogen) atoms. The van der Waals surface area contributed by atoms with Crippen LogP contribution >= 0.6 is 0 Å². The molecular formula is C7H14O5. The van der Waals surface area contributed by atoms with Gasteiger partial charge in [0.05, 0.1) is 13.2 Å². The Bertz CT molecular complexity index is 102. The first kappa shape index (κ1) is 11.2. The van der Waals surface area contributed by atoms with Crippen molar-refractivity contribution >= 4 is 6.16 Å². The number of aliphatic hydroxyl groups excluding tert-OH is 2. The molecule has 0 unspecified atom stereocenters. The first-order valence-corrected chi connectivity index (χ1v) is 3.82. The van der Waals surface area contributed by atoms with E-state index in [1.165, 1.54) is 0 Å². The van der Waals surface area contributed by atoms with E-state index in [1.807, 2.05) is 0 Å². The van der Waals surface area contributed by atoms with Gasteiger partial charge in [-0.1, -0.05) is 0 Å². The SMILES string of the molecule is O=C(OCCCO)OCCCO. The van der Waals surface area contributed by atoms with E-state index < -0.39 is 6.16 Å². The molecule has 0 spiro atoms. The van der Waals surface area contributed by atoms with Crippen LogP contribution in [0.25, 0.3) is 0 Å². The third-order valence-corrected chi connectivity index (χ3v) is 1.04. The van der Waals surface area contributed by atoms with Crippen LogP contribution in [0.2, 0.25) is 0 Å². The second kappa shape index (κ2) is 8.29. The molecule has 0 saturated carbocycles. The molecule has 0 amide bonds. The molecular weight excluding hydrogens is 164 g/mol. The lowest BCUT2D eigenvalue weighted by atomic mass is 10.5. The van der Waals surface area contributed by atoms with Crippen molar-refractivity contribution in [3.05, 3.63) is 0 Å². The molecule has 0 aliphatic carbocycles. The van der Waals surface area contributed by atoms with E-state index in [1.54, 1.807) is 0 Å². The van der Waals surface area contributed by atoms with Crippen LogP contribution in [-0.2, 0) is 9.47 Å². The van der Waals surface area contributed by atoms with Gasteiger partial charge in [0, 0.05) is 26.1 Å². The summed E-state index contributed by atoms with van der Waals surface area (Å²) in [6.45, 7) is 0.302. The first-order chi connectivity index (χ1) is 5.81. The molecule has 0 saturated heterocycles. The van der Waals surface area contributed by atoms with Gasteiger partial charge in [-0.3, -0.25) is 0 Å². The summed E-state index contributed by atoms with van der Waals surface area (Å²) >= 11 is 0. The van der Waals surface area contributed by atoms with Crippen LogP contribution in [0.1, 0.15) is 12.8 Å². The number of hydrogen-bond donors (Lipinski definition) is 2. The predicted octanol–water partition coefficient (Wildman–Crippen LogP) is -0.0956. The molecule has 0 aromatic rings. The topological polar surface area (TPSA) is 76.0 Å². The monoisotopic (exact) mass is 178 g/mol. The zero-order valence-corrected chi connectivity index (χ0v) is 6.86. The molecule has 0 aliphatic rings. The summed E-state index contributed by atoms with van der Waals surface area (Å²) in [6, 6.07) is 0. The summed E-state index contributed by atoms with van der Waals surface area (Å²) in [7, 11) is 0. The maximum Gasteiger partial charge on any atom is 0.508 e. The van der Waals surface area contributed by atoms with Gasteiger partial charge in [-0.2, -0.15) is 0 Å². The number of carbonyl (C=O) groups is 1. The van der Waals surface area contributed by atoms with Gasteiger partial charge in [-0.25, -0.2) is 4.79 Å². The van der Waals surface area contributed by atoms with Crippen molar-refractivity contribution in [1.29, 1.82) is 0 Å². The van der Waals surface area contributed by atoms with Gasteiger partial charge in [-0.05, 0) is 0 Å². The molecule has 0 radical (unpaired) electrons. The molecule has 5 heteroatoms. The van der Waals surface area contributed by atoms with Crippen molar-refractivity contribution in [1.82, 2.24) is 0 Å². The molecule has 2 N–H and O–H groups in total. The fourth-order valence-corrected chi connectivity index (χ4v) is 0.482. The summed E-state index contributed by atoms with van der Waals surface area (Å²) in [5, 5.41) is 16.7. The summed E-state index contributed by atoms with van der Waals surface area (Å²) < 4.78 is 9.05. The lowest BCUT2D eigenvalue weighted by Crippen LogP contribution is -2.10. The standard InChI is InChI=1S/C7H14O5/c8-3-1-5-11-7(10)12-6-2-4-9/h8-9H,1-6H2. The van der Waals surface area contributed by atoms with Crippen LogP contribution in [0.5, 0.6) is 0 Å². The zero-order valence-electron chi connectivity index (χ0n) is 6.86. The van der Waals surface area contributed by atoms with E-state index in [0.717, 1.165) is 0 Å². The fourth-order valence-electron chi connectivity index (χ4n) is 0.482. The average molecular weight is 178 g/mol. The highest BCUT2D eigenvalue weighted by Gasteiger charge is 2.01. The van der Waals surface area contributed by atoms with Gasteiger partial charge in [0.25, 0.3) is 0 Å². The first-order valence-electron chi connectivity index (χ1n) is 3.82. The van der Waals surface area contributed by atoms with Gasteiger partial charge < -0.3 is 19.7 Å². The molecule has 72 valence electrons. The van der Waals surface area contributed by atoms with Gasteiger partial charge in [0.2, 0.25) is 0 Å². The molecule has 0 aromatic carbocycles. The molecule has 0 aromatic heterocycles. The van der Waals surface area contributed by atoms with Crippen LogP contribution in [-0.4, -0.2) is 42.8 Å². The minimum absolute atomic E-state index is 0.0100. The number of carbonyl (C=O) groups excluding carboxylic acids is 1. The minimum atomic E-state index is -0.753. The van der Waals surface area contributed by atoms with Crippen LogP contribution in [0.3, 0.4) is 0 Å². The van der Waals surface area contributed by atoms with Crippen molar-refractivity contribution in [2.75, 3.05) is 26.4 Å². The number of ether oxygens (including phenoxy) is 2. The lowest BCUT2D eigenvalue weighted by molar-refractivity contribution is 0.0477. The van der Waals surface area contributed by atoms with E-state index in [2.05, 4.69) is 9.47 Å². The molecule has 0 fully saturated rings. The van der Waals surface area contributed by atoms with Crippen molar-refractivity contribution in [2.24, 2.45) is 0 Å². The second-order valence-corrected chi connectivity index (χ2v) is 2.10. The van der Waals surface area contributed by atoms with Crippen molar-refractivity contribution in [3.63, 3.8) is 0 Å². The van der Waals surface area contributed by atoms with Gasteiger partial charge >= 0.3 is 6.16 Å². The Labute approximate surface area is 70.9 Å². The molecule has 5 nitrogen and oxygen atoms in total. The van der Waals surface area contributed by atoms with Crippen molar-refractivity contribution in [2.45, 2.75) is 12.8 Å². The van der Waals surface area contributed by atoms with Crippen LogP contribution in [0.4, 0.5) is 4.79 Å². The van der Waals surface area contributed by atoms with Gasteiger partial charge in [0.1, 0.15) is 0 Å². The Morgan fingerprint density at radius 2 is 1.42 bits per heavy atom. The highest BCUT2D eigenvalue weighted by Crippen LogP contribution is 1.89.